The number of nitrogens with two attached hydrogens (primary N) is 1. The minimum absolute atomic E-state index is 0.0672. The molecule has 0 radical (unpaired) electrons. The maximum Gasteiger partial charge on any atom is 0.108 e. The van der Waals surface area contributed by atoms with Crippen molar-refractivity contribution in [3.63, 3.8) is 0 Å². The summed E-state index contributed by atoms with van der Waals surface area (Å²) in [6, 6.07) is 8.26. The Morgan fingerprint density at radius 2 is 2.00 bits per heavy atom. The van der Waals surface area contributed by atoms with Crippen molar-refractivity contribution < 1.29 is 0 Å². The van der Waals surface area contributed by atoms with Crippen molar-refractivity contribution in [3.05, 3.63) is 65.5 Å². The van der Waals surface area contributed by atoms with Crippen LogP contribution in [-0.4, -0.2) is 4.90 Å². The summed E-state index contributed by atoms with van der Waals surface area (Å²) in [4.78, 5) is 2.09. The number of rotatable bonds is 0. The van der Waals surface area contributed by atoms with Gasteiger partial charge in [-0.2, -0.15) is 0 Å². The number of fused-ring (bicyclic) bond motifs is 2. The van der Waals surface area contributed by atoms with Crippen LogP contribution in [0.1, 0.15) is 17.3 Å². The van der Waals surface area contributed by atoms with E-state index >= 15 is 0 Å². The molecule has 0 aromatic heterocycles. The van der Waals surface area contributed by atoms with Gasteiger partial charge in [0.05, 0.1) is 0 Å². The quantitative estimate of drug-likeness (QED) is 0.690. The molecule has 1 atom stereocenters. The molecule has 0 saturated heterocycles. The Kier molecular flexibility index (Phi) is 1.76. The first-order valence-electron chi connectivity index (χ1n) is 5.06. The van der Waals surface area contributed by atoms with Crippen LogP contribution in [0.3, 0.4) is 0 Å². The maximum absolute atomic E-state index is 6.20. The van der Waals surface area contributed by atoms with Gasteiger partial charge in [0.1, 0.15) is 6.17 Å². The first kappa shape index (κ1) is 8.50. The van der Waals surface area contributed by atoms with E-state index in [4.69, 9.17) is 5.73 Å². The minimum Gasteiger partial charge on any atom is -0.328 e. The number of hydrogen-bond acceptors (Lipinski definition) is 2. The minimum atomic E-state index is -0.0672. The van der Waals surface area contributed by atoms with Gasteiger partial charge in [-0.1, -0.05) is 30.3 Å². The first-order chi connectivity index (χ1) is 7.36. The van der Waals surface area contributed by atoms with Gasteiger partial charge in [-0.3, -0.25) is 0 Å². The van der Waals surface area contributed by atoms with E-state index in [9.17, 15) is 0 Å². The second-order valence-electron chi connectivity index (χ2n) is 3.75. The smallest absolute Gasteiger partial charge is 0.108 e. The zero-order valence-electron chi connectivity index (χ0n) is 8.30. The predicted octanol–water partition coefficient (Wildman–Crippen LogP) is 2.38. The molecule has 2 aliphatic rings. The highest BCUT2D eigenvalue weighted by molar-refractivity contribution is 5.63. The fourth-order valence-corrected chi connectivity index (χ4v) is 2.07. The number of allylic oxidation sites excluding steroid dienone is 3. The van der Waals surface area contributed by atoms with Crippen LogP contribution in [0, 0.1) is 0 Å². The molecule has 3 rings (SSSR count). The molecule has 2 aliphatic heterocycles. The SMILES string of the molecule is NC1c2ccccc2C=C2C=CC=CN21. The second kappa shape index (κ2) is 3.11. The van der Waals surface area contributed by atoms with Crippen LogP contribution in [0.2, 0.25) is 0 Å². The Bertz CT molecular complexity index is 483. The lowest BCUT2D eigenvalue weighted by Gasteiger charge is -2.34. The van der Waals surface area contributed by atoms with Gasteiger partial charge in [-0.15, -0.1) is 0 Å². The normalized spacial score (nSPS) is 22.1. The summed E-state index contributed by atoms with van der Waals surface area (Å²) in [5, 5.41) is 0. The molecule has 0 amide bonds. The molecule has 2 heteroatoms. The molecule has 0 spiro atoms. The van der Waals surface area contributed by atoms with Gasteiger partial charge in [0, 0.05) is 11.9 Å². The fraction of sp³-hybridized carbons (Fsp3) is 0.0769. The number of benzene rings is 1. The van der Waals surface area contributed by atoms with Crippen molar-refractivity contribution in [1.29, 1.82) is 0 Å². The van der Waals surface area contributed by atoms with E-state index in [1.54, 1.807) is 0 Å². The molecule has 1 aromatic carbocycles. The summed E-state index contributed by atoms with van der Waals surface area (Å²) >= 11 is 0. The van der Waals surface area contributed by atoms with Crippen molar-refractivity contribution in [2.75, 3.05) is 0 Å². The molecular formula is C13H12N2. The summed E-state index contributed by atoms with van der Waals surface area (Å²) in [5.41, 5.74) is 9.76. The summed E-state index contributed by atoms with van der Waals surface area (Å²) in [6.45, 7) is 0. The third-order valence-electron chi connectivity index (χ3n) is 2.84. The van der Waals surface area contributed by atoms with E-state index < -0.39 is 0 Å². The highest BCUT2D eigenvalue weighted by Gasteiger charge is 2.22. The monoisotopic (exact) mass is 196 g/mol. The zero-order chi connectivity index (χ0) is 10.3. The van der Waals surface area contributed by atoms with Gasteiger partial charge in [0.15, 0.2) is 0 Å². The van der Waals surface area contributed by atoms with Gasteiger partial charge in [0.2, 0.25) is 0 Å². The first-order valence-corrected chi connectivity index (χ1v) is 5.06. The van der Waals surface area contributed by atoms with Crippen LogP contribution in [0.4, 0.5) is 0 Å². The Labute approximate surface area is 89.0 Å². The predicted molar refractivity (Wildman–Crippen MR) is 61.5 cm³/mol. The van der Waals surface area contributed by atoms with Crippen LogP contribution < -0.4 is 5.73 Å². The van der Waals surface area contributed by atoms with Gasteiger partial charge >= 0.3 is 0 Å². The summed E-state index contributed by atoms with van der Waals surface area (Å²) in [5.74, 6) is 0. The van der Waals surface area contributed by atoms with Crippen LogP contribution >= 0.6 is 0 Å². The van der Waals surface area contributed by atoms with E-state index in [0.717, 1.165) is 5.70 Å². The van der Waals surface area contributed by atoms with E-state index in [1.165, 1.54) is 11.1 Å². The van der Waals surface area contributed by atoms with Gasteiger partial charge in [-0.25, -0.2) is 0 Å². The Morgan fingerprint density at radius 3 is 2.93 bits per heavy atom. The van der Waals surface area contributed by atoms with Crippen LogP contribution in [0.25, 0.3) is 6.08 Å². The van der Waals surface area contributed by atoms with Crippen LogP contribution in [0.15, 0.2) is 54.4 Å². The van der Waals surface area contributed by atoms with Gasteiger partial charge in [0.25, 0.3) is 0 Å². The molecule has 1 unspecified atom stereocenters. The summed E-state index contributed by atoms with van der Waals surface area (Å²) < 4.78 is 0. The average molecular weight is 196 g/mol. The van der Waals surface area contributed by atoms with Crippen molar-refractivity contribution in [2.24, 2.45) is 5.73 Å². The third kappa shape index (κ3) is 1.22. The molecule has 0 bridgehead atoms. The van der Waals surface area contributed by atoms with Crippen molar-refractivity contribution in [1.82, 2.24) is 4.90 Å². The van der Waals surface area contributed by atoms with Crippen molar-refractivity contribution in [3.8, 4) is 0 Å². The van der Waals surface area contributed by atoms with Crippen LogP contribution in [-0.2, 0) is 0 Å². The maximum atomic E-state index is 6.20. The molecule has 0 aliphatic carbocycles. The average Bonchev–Trinajstić information content (AvgIpc) is 2.30. The second-order valence-corrected chi connectivity index (χ2v) is 3.75. The van der Waals surface area contributed by atoms with E-state index in [2.05, 4.69) is 29.2 Å². The Morgan fingerprint density at radius 1 is 1.13 bits per heavy atom. The lowest BCUT2D eigenvalue weighted by molar-refractivity contribution is 0.359. The molecular weight excluding hydrogens is 184 g/mol. The standard InChI is InChI=1S/C13H12N2/c14-13-12-7-2-1-5-10(12)9-11-6-3-4-8-15(11)13/h1-9,13H,14H2. The van der Waals surface area contributed by atoms with Crippen molar-refractivity contribution in [2.45, 2.75) is 6.17 Å². The van der Waals surface area contributed by atoms with Crippen molar-refractivity contribution >= 4 is 6.08 Å². The Balaban J connectivity index is 2.19. The molecule has 2 heterocycles. The highest BCUT2D eigenvalue weighted by Crippen LogP contribution is 2.32. The topological polar surface area (TPSA) is 29.3 Å². The van der Waals surface area contributed by atoms with Gasteiger partial charge in [-0.05, 0) is 29.4 Å². The molecule has 1 aromatic rings. The molecule has 2 N–H and O–H groups in total. The molecule has 2 nitrogen and oxygen atoms in total. The lowest BCUT2D eigenvalue weighted by atomic mass is 9.98. The van der Waals surface area contributed by atoms with E-state index in [-0.39, 0.29) is 6.17 Å². The molecule has 74 valence electrons. The third-order valence-corrected chi connectivity index (χ3v) is 2.84. The molecule has 0 fully saturated rings. The van der Waals surface area contributed by atoms with E-state index in [1.807, 2.05) is 30.5 Å². The van der Waals surface area contributed by atoms with E-state index in [0.29, 0.717) is 0 Å². The summed E-state index contributed by atoms with van der Waals surface area (Å²) in [6.07, 6.45) is 10.2. The van der Waals surface area contributed by atoms with Crippen LogP contribution in [0.5, 0.6) is 0 Å². The summed E-state index contributed by atoms with van der Waals surface area (Å²) in [7, 11) is 0. The largest absolute Gasteiger partial charge is 0.328 e. The van der Waals surface area contributed by atoms with Gasteiger partial charge < -0.3 is 10.6 Å². The molecule has 15 heavy (non-hydrogen) atoms. The number of nitrogens with zero attached hydrogens (tertiary/aromatic N) is 1. The highest BCUT2D eigenvalue weighted by atomic mass is 15.2. The molecule has 0 saturated carbocycles. The fourth-order valence-electron chi connectivity index (χ4n) is 2.07. The zero-order valence-corrected chi connectivity index (χ0v) is 8.30. The lowest BCUT2D eigenvalue weighted by Crippen LogP contribution is -2.32. The Hall–Kier alpha value is -1.80. The number of hydrogen-bond donors (Lipinski definition) is 1.